The lowest BCUT2D eigenvalue weighted by atomic mass is 10.2. The molecule has 1 aromatic rings. The molecule has 0 spiro atoms. The van der Waals surface area contributed by atoms with Crippen LogP contribution in [0.15, 0.2) is 18.5 Å². The van der Waals surface area contributed by atoms with E-state index in [0.717, 1.165) is 24.9 Å². The highest BCUT2D eigenvalue weighted by Gasteiger charge is 2.05. The molecule has 4 heteroatoms. The third-order valence-corrected chi connectivity index (χ3v) is 2.41. The highest BCUT2D eigenvalue weighted by Crippen LogP contribution is 2.06. The highest BCUT2D eigenvalue weighted by molar-refractivity contribution is 5.09. The van der Waals surface area contributed by atoms with Crippen LogP contribution in [0, 0.1) is 5.82 Å². The van der Waals surface area contributed by atoms with Gasteiger partial charge in [-0.05, 0) is 24.6 Å². The zero-order valence-corrected chi connectivity index (χ0v) is 9.69. The van der Waals surface area contributed by atoms with Gasteiger partial charge in [-0.3, -0.25) is 9.88 Å². The maximum atomic E-state index is 12.9. The van der Waals surface area contributed by atoms with Crippen LogP contribution in [-0.4, -0.2) is 34.7 Å². The Morgan fingerprint density at radius 2 is 2.19 bits per heavy atom. The molecule has 0 unspecified atom stereocenters. The van der Waals surface area contributed by atoms with Gasteiger partial charge in [0.15, 0.2) is 0 Å². The predicted octanol–water partition coefficient (Wildman–Crippen LogP) is 1.82. The van der Waals surface area contributed by atoms with E-state index in [9.17, 15) is 4.39 Å². The van der Waals surface area contributed by atoms with Crippen molar-refractivity contribution in [2.24, 2.45) is 0 Å². The Labute approximate surface area is 95.9 Å². The first kappa shape index (κ1) is 13.1. The van der Waals surface area contributed by atoms with Gasteiger partial charge < -0.3 is 5.11 Å². The minimum atomic E-state index is -0.308. The predicted molar refractivity (Wildman–Crippen MR) is 61.5 cm³/mol. The minimum Gasteiger partial charge on any atom is -0.395 e. The fourth-order valence-electron chi connectivity index (χ4n) is 1.59. The standard InChI is InChI=1S/C12H19FN2O/c1-2-3-4-15(5-6-16)10-11-7-12(13)9-14-8-11/h7-9,16H,2-6,10H2,1H3. The van der Waals surface area contributed by atoms with Crippen molar-refractivity contribution in [2.45, 2.75) is 26.3 Å². The van der Waals surface area contributed by atoms with Crippen LogP contribution >= 0.6 is 0 Å². The molecule has 0 aliphatic heterocycles. The molecule has 16 heavy (non-hydrogen) atoms. The van der Waals surface area contributed by atoms with Crippen molar-refractivity contribution in [2.75, 3.05) is 19.7 Å². The van der Waals surface area contributed by atoms with Gasteiger partial charge >= 0.3 is 0 Å². The first-order valence-corrected chi connectivity index (χ1v) is 5.69. The van der Waals surface area contributed by atoms with E-state index in [1.807, 2.05) is 0 Å². The van der Waals surface area contributed by atoms with E-state index in [4.69, 9.17) is 5.11 Å². The van der Waals surface area contributed by atoms with Gasteiger partial charge in [0.05, 0.1) is 12.8 Å². The summed E-state index contributed by atoms with van der Waals surface area (Å²) in [5, 5.41) is 8.94. The zero-order chi connectivity index (χ0) is 11.8. The van der Waals surface area contributed by atoms with Crippen LogP contribution in [-0.2, 0) is 6.54 Å². The topological polar surface area (TPSA) is 36.4 Å². The first-order chi connectivity index (χ1) is 7.76. The van der Waals surface area contributed by atoms with E-state index in [-0.39, 0.29) is 12.4 Å². The monoisotopic (exact) mass is 226 g/mol. The minimum absolute atomic E-state index is 0.131. The molecule has 0 bridgehead atoms. The Bertz CT molecular complexity index is 307. The van der Waals surface area contributed by atoms with Gasteiger partial charge in [-0.2, -0.15) is 0 Å². The summed E-state index contributed by atoms with van der Waals surface area (Å²) in [6, 6.07) is 1.49. The summed E-state index contributed by atoms with van der Waals surface area (Å²) in [4.78, 5) is 5.92. The molecule has 0 atom stereocenters. The lowest BCUT2D eigenvalue weighted by molar-refractivity contribution is 0.188. The van der Waals surface area contributed by atoms with Crippen molar-refractivity contribution < 1.29 is 9.50 Å². The Morgan fingerprint density at radius 3 is 2.81 bits per heavy atom. The number of aromatic nitrogens is 1. The number of rotatable bonds is 7. The summed E-state index contributed by atoms with van der Waals surface area (Å²) in [5.41, 5.74) is 0.851. The normalized spacial score (nSPS) is 11.0. The Hall–Kier alpha value is -1.00. The van der Waals surface area contributed by atoms with Crippen LogP contribution in [0.3, 0.4) is 0 Å². The lowest BCUT2D eigenvalue weighted by Gasteiger charge is -2.20. The second-order valence-electron chi connectivity index (χ2n) is 3.86. The van der Waals surface area contributed by atoms with Crippen LogP contribution in [0.1, 0.15) is 25.3 Å². The fraction of sp³-hybridized carbons (Fsp3) is 0.583. The molecule has 1 rings (SSSR count). The average Bonchev–Trinajstić information content (AvgIpc) is 2.26. The summed E-state index contributed by atoms with van der Waals surface area (Å²) < 4.78 is 12.9. The third kappa shape index (κ3) is 4.68. The molecular formula is C12H19FN2O. The van der Waals surface area contributed by atoms with Crippen LogP contribution < -0.4 is 0 Å². The number of unbranched alkanes of at least 4 members (excludes halogenated alkanes) is 1. The summed E-state index contributed by atoms with van der Waals surface area (Å²) in [6.07, 6.45) is 5.07. The number of hydrogen-bond acceptors (Lipinski definition) is 3. The molecule has 1 aromatic heterocycles. The van der Waals surface area contributed by atoms with Gasteiger partial charge in [0.1, 0.15) is 5.82 Å². The molecule has 0 saturated heterocycles. The number of aliphatic hydroxyl groups excluding tert-OH is 1. The summed E-state index contributed by atoms with van der Waals surface area (Å²) in [5.74, 6) is -0.308. The molecular weight excluding hydrogens is 207 g/mol. The van der Waals surface area contributed by atoms with Crippen molar-refractivity contribution in [1.29, 1.82) is 0 Å². The number of halogens is 1. The SMILES string of the molecule is CCCCN(CCO)Cc1cncc(F)c1. The van der Waals surface area contributed by atoms with Gasteiger partial charge in [0.25, 0.3) is 0 Å². The van der Waals surface area contributed by atoms with Crippen LogP contribution in [0.25, 0.3) is 0 Å². The van der Waals surface area contributed by atoms with Crippen LogP contribution in [0.5, 0.6) is 0 Å². The Balaban J connectivity index is 2.52. The van der Waals surface area contributed by atoms with E-state index in [1.165, 1.54) is 12.3 Å². The lowest BCUT2D eigenvalue weighted by Crippen LogP contribution is -2.27. The second-order valence-corrected chi connectivity index (χ2v) is 3.86. The molecule has 0 radical (unpaired) electrons. The van der Waals surface area contributed by atoms with Gasteiger partial charge in [0, 0.05) is 19.3 Å². The van der Waals surface area contributed by atoms with Crippen molar-refractivity contribution in [1.82, 2.24) is 9.88 Å². The van der Waals surface area contributed by atoms with Crippen LogP contribution in [0.4, 0.5) is 4.39 Å². The number of aliphatic hydroxyl groups is 1. The van der Waals surface area contributed by atoms with Gasteiger partial charge in [-0.15, -0.1) is 0 Å². The van der Waals surface area contributed by atoms with Gasteiger partial charge in [-0.25, -0.2) is 4.39 Å². The van der Waals surface area contributed by atoms with Gasteiger partial charge in [-0.1, -0.05) is 13.3 Å². The number of hydrogen-bond donors (Lipinski definition) is 1. The van der Waals surface area contributed by atoms with Gasteiger partial charge in [0.2, 0.25) is 0 Å². The maximum absolute atomic E-state index is 12.9. The fourth-order valence-corrected chi connectivity index (χ4v) is 1.59. The largest absolute Gasteiger partial charge is 0.395 e. The van der Waals surface area contributed by atoms with E-state index in [1.54, 1.807) is 6.20 Å². The molecule has 0 aliphatic carbocycles. The average molecular weight is 226 g/mol. The number of nitrogens with zero attached hydrogens (tertiary/aromatic N) is 2. The highest BCUT2D eigenvalue weighted by atomic mass is 19.1. The first-order valence-electron chi connectivity index (χ1n) is 5.69. The molecule has 0 saturated carbocycles. The molecule has 1 heterocycles. The molecule has 0 fully saturated rings. The zero-order valence-electron chi connectivity index (χ0n) is 9.69. The number of pyridine rings is 1. The van der Waals surface area contributed by atoms with E-state index in [2.05, 4.69) is 16.8 Å². The summed E-state index contributed by atoms with van der Waals surface area (Å²) in [6.45, 7) is 4.45. The van der Waals surface area contributed by atoms with E-state index >= 15 is 0 Å². The Kier molecular flexibility index (Phi) is 5.96. The molecule has 90 valence electrons. The molecule has 0 aromatic carbocycles. The summed E-state index contributed by atoms with van der Waals surface area (Å²) >= 11 is 0. The molecule has 1 N–H and O–H groups in total. The molecule has 3 nitrogen and oxygen atoms in total. The quantitative estimate of drug-likeness (QED) is 0.770. The third-order valence-electron chi connectivity index (χ3n) is 2.41. The molecule has 0 amide bonds. The smallest absolute Gasteiger partial charge is 0.141 e. The van der Waals surface area contributed by atoms with Crippen molar-refractivity contribution in [3.8, 4) is 0 Å². The second kappa shape index (κ2) is 7.30. The summed E-state index contributed by atoms with van der Waals surface area (Å²) in [7, 11) is 0. The Morgan fingerprint density at radius 1 is 1.38 bits per heavy atom. The maximum Gasteiger partial charge on any atom is 0.141 e. The molecule has 0 aliphatic rings. The van der Waals surface area contributed by atoms with E-state index in [0.29, 0.717) is 13.1 Å². The van der Waals surface area contributed by atoms with Crippen molar-refractivity contribution in [3.63, 3.8) is 0 Å². The van der Waals surface area contributed by atoms with Crippen molar-refractivity contribution >= 4 is 0 Å². The van der Waals surface area contributed by atoms with Crippen molar-refractivity contribution in [3.05, 3.63) is 29.8 Å². The van der Waals surface area contributed by atoms with E-state index < -0.39 is 0 Å². The van der Waals surface area contributed by atoms with Crippen LogP contribution in [0.2, 0.25) is 0 Å².